The highest BCUT2D eigenvalue weighted by Crippen LogP contribution is 2.46. The van der Waals surface area contributed by atoms with Gasteiger partial charge in [-0.2, -0.15) is 0 Å². The van der Waals surface area contributed by atoms with Crippen LogP contribution in [0.15, 0.2) is 47.7 Å². The monoisotopic (exact) mass is 442 g/mol. The minimum absolute atomic E-state index is 0.0353. The number of Topliss-reactive ketones (excluding diaryl/α,β-unsaturated/α-hetero) is 1. The lowest BCUT2D eigenvalue weighted by atomic mass is 9.73. The molecule has 0 fully saturated rings. The lowest BCUT2D eigenvalue weighted by Crippen LogP contribution is -2.38. The number of hydrogen-bond donors (Lipinski definition) is 2. The van der Waals surface area contributed by atoms with Gasteiger partial charge < -0.3 is 15.2 Å². The Labute approximate surface area is 182 Å². The number of phenols is 1. The highest BCUT2D eigenvalue weighted by atomic mass is 35.5. The smallest absolute Gasteiger partial charge is 0.314 e. The van der Waals surface area contributed by atoms with Gasteiger partial charge in [0, 0.05) is 41.1 Å². The topological polar surface area (TPSA) is 119 Å². The Morgan fingerprint density at radius 3 is 2.61 bits per heavy atom. The molecule has 0 saturated carbocycles. The summed E-state index contributed by atoms with van der Waals surface area (Å²) in [5, 5.41) is 24.8. The molecular formula is C22H19ClN2O6. The number of ketones is 1. The molecule has 2 aromatic rings. The molecule has 0 radical (unpaired) electrons. The van der Waals surface area contributed by atoms with Gasteiger partial charge in [0.15, 0.2) is 11.5 Å². The maximum atomic E-state index is 13.2. The van der Waals surface area contributed by atoms with Crippen LogP contribution in [0.4, 0.5) is 5.69 Å². The van der Waals surface area contributed by atoms with Crippen molar-refractivity contribution in [3.63, 3.8) is 0 Å². The number of carbonyl (C=O) groups is 2. The summed E-state index contributed by atoms with van der Waals surface area (Å²) in [5.41, 5.74) is 1.61. The van der Waals surface area contributed by atoms with E-state index in [2.05, 4.69) is 5.32 Å². The number of ether oxygens (including phenoxy) is 1. The Kier molecular flexibility index (Phi) is 5.41. The van der Waals surface area contributed by atoms with Crippen molar-refractivity contribution >= 4 is 29.0 Å². The molecule has 160 valence electrons. The van der Waals surface area contributed by atoms with Gasteiger partial charge in [0.2, 0.25) is 11.7 Å². The van der Waals surface area contributed by atoms with E-state index < -0.39 is 22.3 Å². The van der Waals surface area contributed by atoms with Gasteiger partial charge in [-0.15, -0.1) is 0 Å². The van der Waals surface area contributed by atoms with Crippen molar-refractivity contribution in [1.29, 1.82) is 0 Å². The zero-order valence-electron chi connectivity index (χ0n) is 16.6. The van der Waals surface area contributed by atoms with Crippen molar-refractivity contribution in [2.45, 2.75) is 31.1 Å². The molecule has 1 heterocycles. The van der Waals surface area contributed by atoms with Crippen molar-refractivity contribution in [2.75, 3.05) is 7.11 Å². The number of nitro benzene ring substituents is 1. The van der Waals surface area contributed by atoms with Gasteiger partial charge in [-0.05, 0) is 35.6 Å². The van der Waals surface area contributed by atoms with Crippen molar-refractivity contribution < 1.29 is 24.4 Å². The standard InChI is InChI=1S/C22H19ClN2O6/c1-31-19-9-12(7-17(22(19)28)25(29)30)14-10-20(27)24-16-6-11(8-18(26)21(14)16)13-4-2-3-5-15(13)23/h2-5,7,9,11,14,28H,6,8,10H2,1H3,(H,24,27)/t11-,14+/m0/s1. The largest absolute Gasteiger partial charge is 0.500 e. The number of rotatable bonds is 4. The van der Waals surface area contributed by atoms with E-state index in [-0.39, 0.29) is 36.2 Å². The Morgan fingerprint density at radius 2 is 1.94 bits per heavy atom. The summed E-state index contributed by atoms with van der Waals surface area (Å²) >= 11 is 6.31. The number of hydrogen-bond acceptors (Lipinski definition) is 6. The molecule has 9 heteroatoms. The molecule has 0 saturated heterocycles. The first-order valence-electron chi connectivity index (χ1n) is 9.66. The first kappa shape index (κ1) is 20.9. The predicted octanol–water partition coefficient (Wildman–Crippen LogP) is 3.97. The maximum Gasteiger partial charge on any atom is 0.314 e. The molecule has 2 aromatic carbocycles. The van der Waals surface area contributed by atoms with E-state index in [0.717, 1.165) is 5.56 Å². The molecule has 0 unspecified atom stereocenters. The average Bonchev–Trinajstić information content (AvgIpc) is 2.73. The Balaban J connectivity index is 1.79. The second-order valence-corrected chi connectivity index (χ2v) is 8.00. The molecule has 2 aliphatic rings. The molecule has 1 aliphatic heterocycles. The van der Waals surface area contributed by atoms with Gasteiger partial charge >= 0.3 is 5.69 Å². The van der Waals surface area contributed by atoms with Crippen LogP contribution >= 0.6 is 11.6 Å². The van der Waals surface area contributed by atoms with E-state index in [9.17, 15) is 24.8 Å². The number of nitrogens with one attached hydrogen (secondary N) is 1. The van der Waals surface area contributed by atoms with Gasteiger partial charge in [-0.25, -0.2) is 0 Å². The van der Waals surface area contributed by atoms with Crippen LogP contribution in [0.5, 0.6) is 11.5 Å². The Morgan fingerprint density at radius 1 is 1.19 bits per heavy atom. The maximum absolute atomic E-state index is 13.2. The number of aromatic hydroxyl groups is 1. The first-order valence-corrected chi connectivity index (χ1v) is 10.0. The number of nitrogens with zero attached hydrogens (tertiary/aromatic N) is 1. The fourth-order valence-electron chi connectivity index (χ4n) is 4.38. The molecule has 2 N–H and O–H groups in total. The van der Waals surface area contributed by atoms with E-state index in [0.29, 0.717) is 28.3 Å². The number of methoxy groups -OCH3 is 1. The fraction of sp³-hybridized carbons (Fsp3) is 0.273. The SMILES string of the molecule is COc1cc([C@H]2CC(=O)NC3=C2C(=O)C[C@@H](c2ccccc2Cl)C3)cc([N+](=O)[O-])c1O. The van der Waals surface area contributed by atoms with Crippen molar-refractivity contribution in [2.24, 2.45) is 0 Å². The first-order chi connectivity index (χ1) is 14.8. The zero-order valence-corrected chi connectivity index (χ0v) is 17.3. The van der Waals surface area contributed by atoms with Crippen LogP contribution < -0.4 is 10.1 Å². The third-order valence-electron chi connectivity index (χ3n) is 5.78. The minimum Gasteiger partial charge on any atom is -0.500 e. The minimum atomic E-state index is -0.727. The summed E-state index contributed by atoms with van der Waals surface area (Å²) in [6, 6.07) is 9.91. The highest BCUT2D eigenvalue weighted by molar-refractivity contribution is 6.31. The predicted molar refractivity (Wildman–Crippen MR) is 112 cm³/mol. The molecule has 2 atom stereocenters. The van der Waals surface area contributed by atoms with Gasteiger partial charge in [-0.1, -0.05) is 29.8 Å². The molecule has 0 aromatic heterocycles. The number of carbonyl (C=O) groups excluding carboxylic acids is 2. The lowest BCUT2D eigenvalue weighted by Gasteiger charge is -2.34. The molecule has 0 spiro atoms. The second-order valence-electron chi connectivity index (χ2n) is 7.59. The van der Waals surface area contributed by atoms with E-state index >= 15 is 0 Å². The van der Waals surface area contributed by atoms with E-state index in [4.69, 9.17) is 16.3 Å². The van der Waals surface area contributed by atoms with E-state index in [1.165, 1.54) is 19.2 Å². The lowest BCUT2D eigenvalue weighted by molar-refractivity contribution is -0.386. The van der Waals surface area contributed by atoms with Crippen LogP contribution in [0, 0.1) is 10.1 Å². The summed E-state index contributed by atoms with van der Waals surface area (Å²) in [4.78, 5) is 36.3. The molecular weight excluding hydrogens is 424 g/mol. The van der Waals surface area contributed by atoms with Gasteiger partial charge in [0.25, 0.3) is 0 Å². The van der Waals surface area contributed by atoms with Crippen LogP contribution in [-0.2, 0) is 9.59 Å². The molecule has 8 nitrogen and oxygen atoms in total. The second kappa shape index (κ2) is 8.03. The molecule has 1 amide bonds. The quantitative estimate of drug-likeness (QED) is 0.546. The summed E-state index contributed by atoms with van der Waals surface area (Å²) in [6.45, 7) is 0. The number of benzene rings is 2. The number of phenolic OH excluding ortho intramolecular Hbond substituents is 1. The number of nitro groups is 1. The zero-order chi connectivity index (χ0) is 22.3. The Hall–Kier alpha value is -3.39. The van der Waals surface area contributed by atoms with Crippen LogP contribution in [0.2, 0.25) is 5.02 Å². The third kappa shape index (κ3) is 3.74. The molecule has 31 heavy (non-hydrogen) atoms. The van der Waals surface area contributed by atoms with Gasteiger partial charge in [-0.3, -0.25) is 19.7 Å². The van der Waals surface area contributed by atoms with Crippen molar-refractivity contribution in [1.82, 2.24) is 5.32 Å². The number of halogens is 1. The number of allylic oxidation sites excluding steroid dienone is 2. The Bertz CT molecular complexity index is 1140. The van der Waals surface area contributed by atoms with Gasteiger partial charge in [0.05, 0.1) is 12.0 Å². The van der Waals surface area contributed by atoms with E-state index in [1.807, 2.05) is 18.2 Å². The number of amides is 1. The molecule has 1 aliphatic carbocycles. The van der Waals surface area contributed by atoms with Crippen molar-refractivity contribution in [3.8, 4) is 11.5 Å². The highest BCUT2D eigenvalue weighted by Gasteiger charge is 2.39. The van der Waals surface area contributed by atoms with E-state index in [1.54, 1.807) is 6.07 Å². The van der Waals surface area contributed by atoms with Crippen LogP contribution in [0.1, 0.15) is 42.2 Å². The average molecular weight is 443 g/mol. The molecule has 4 rings (SSSR count). The molecule has 0 bridgehead atoms. The third-order valence-corrected chi connectivity index (χ3v) is 6.12. The summed E-state index contributed by atoms with van der Waals surface area (Å²) in [7, 11) is 1.28. The summed E-state index contributed by atoms with van der Waals surface area (Å²) < 4.78 is 5.07. The summed E-state index contributed by atoms with van der Waals surface area (Å²) in [5.74, 6) is -1.97. The van der Waals surface area contributed by atoms with Crippen molar-refractivity contribution in [3.05, 3.63) is 73.9 Å². The van der Waals surface area contributed by atoms with Crippen LogP contribution in [-0.4, -0.2) is 28.8 Å². The van der Waals surface area contributed by atoms with Crippen LogP contribution in [0.25, 0.3) is 0 Å². The van der Waals surface area contributed by atoms with Crippen LogP contribution in [0.3, 0.4) is 0 Å². The fourth-order valence-corrected chi connectivity index (χ4v) is 4.67. The normalized spacial score (nSPS) is 20.8. The van der Waals surface area contributed by atoms with Gasteiger partial charge in [0.1, 0.15) is 0 Å². The summed E-state index contributed by atoms with van der Waals surface area (Å²) in [6.07, 6.45) is 0.600.